The number of rotatable bonds is 6. The van der Waals surface area contributed by atoms with Crippen molar-refractivity contribution in [2.75, 3.05) is 13.1 Å². The van der Waals surface area contributed by atoms with Crippen LogP contribution in [0.15, 0.2) is 29.0 Å². The maximum atomic E-state index is 12.4. The van der Waals surface area contributed by atoms with Gasteiger partial charge in [0.15, 0.2) is 0 Å². The Morgan fingerprint density at radius 2 is 2.12 bits per heavy atom. The number of aryl methyl sites for hydroxylation is 1. The topological polar surface area (TPSA) is 109 Å². The molecule has 0 spiro atoms. The third kappa shape index (κ3) is 4.07. The third-order valence-corrected chi connectivity index (χ3v) is 4.75. The minimum absolute atomic E-state index is 0.0222. The van der Waals surface area contributed by atoms with E-state index in [0.29, 0.717) is 50.4 Å². The van der Waals surface area contributed by atoms with Gasteiger partial charge in [-0.3, -0.25) is 14.6 Å². The zero-order valence-corrected chi connectivity index (χ0v) is 14.7. The van der Waals surface area contributed by atoms with Gasteiger partial charge in [-0.15, -0.1) is 0 Å². The number of carboxylic acid groups (broad SMARTS) is 1. The van der Waals surface area contributed by atoms with Crippen molar-refractivity contribution in [2.45, 2.75) is 39.0 Å². The van der Waals surface area contributed by atoms with Crippen LogP contribution < -0.4 is 0 Å². The number of pyridine rings is 1. The van der Waals surface area contributed by atoms with Crippen LogP contribution in [0.2, 0.25) is 0 Å². The summed E-state index contributed by atoms with van der Waals surface area (Å²) in [4.78, 5) is 33.7. The fourth-order valence-corrected chi connectivity index (χ4v) is 3.15. The Hall–Kier alpha value is -2.77. The molecule has 1 amide bonds. The molecule has 1 atom stereocenters. The predicted molar refractivity (Wildman–Crippen MR) is 92.0 cm³/mol. The summed E-state index contributed by atoms with van der Waals surface area (Å²) in [5.41, 5.74) is -0.0211. The summed E-state index contributed by atoms with van der Waals surface area (Å²) in [6.07, 6.45) is 6.06. The normalized spacial score (nSPS) is 20.1. The lowest BCUT2D eigenvalue weighted by molar-refractivity contribution is -0.153. The Morgan fingerprint density at radius 1 is 1.35 bits per heavy atom. The van der Waals surface area contributed by atoms with Gasteiger partial charge >= 0.3 is 5.97 Å². The zero-order chi connectivity index (χ0) is 18.6. The van der Waals surface area contributed by atoms with Crippen LogP contribution in [0.1, 0.15) is 38.5 Å². The van der Waals surface area contributed by atoms with Gasteiger partial charge in [0, 0.05) is 43.9 Å². The first-order valence-electron chi connectivity index (χ1n) is 8.72. The first-order valence-corrected chi connectivity index (χ1v) is 8.72. The van der Waals surface area contributed by atoms with Crippen molar-refractivity contribution in [2.24, 2.45) is 5.41 Å². The molecule has 0 aromatic carbocycles. The fraction of sp³-hybridized carbons (Fsp3) is 0.500. The molecule has 0 radical (unpaired) electrons. The van der Waals surface area contributed by atoms with Gasteiger partial charge in [-0.2, -0.15) is 4.98 Å². The molecule has 2 aromatic heterocycles. The van der Waals surface area contributed by atoms with Gasteiger partial charge < -0.3 is 14.5 Å². The van der Waals surface area contributed by atoms with Gasteiger partial charge in [0.25, 0.3) is 0 Å². The Kier molecular flexibility index (Phi) is 5.29. The zero-order valence-electron chi connectivity index (χ0n) is 14.7. The summed E-state index contributed by atoms with van der Waals surface area (Å²) in [7, 11) is 0. The van der Waals surface area contributed by atoms with Crippen LogP contribution in [0.4, 0.5) is 0 Å². The summed E-state index contributed by atoms with van der Waals surface area (Å²) < 4.78 is 5.23. The summed E-state index contributed by atoms with van der Waals surface area (Å²) in [5.74, 6) is 0.121. The molecule has 8 nitrogen and oxygen atoms in total. The summed E-state index contributed by atoms with van der Waals surface area (Å²) in [6, 6.07) is 3.60. The van der Waals surface area contributed by atoms with Crippen LogP contribution >= 0.6 is 0 Å². The van der Waals surface area contributed by atoms with E-state index in [4.69, 9.17) is 4.52 Å². The largest absolute Gasteiger partial charge is 0.481 e. The number of hydrogen-bond acceptors (Lipinski definition) is 6. The van der Waals surface area contributed by atoms with Crippen molar-refractivity contribution in [1.29, 1.82) is 0 Å². The van der Waals surface area contributed by atoms with Gasteiger partial charge in [0.2, 0.25) is 17.6 Å². The van der Waals surface area contributed by atoms with Crippen molar-refractivity contribution in [3.8, 4) is 11.4 Å². The van der Waals surface area contributed by atoms with E-state index in [1.165, 1.54) is 0 Å². The van der Waals surface area contributed by atoms with E-state index in [9.17, 15) is 14.7 Å². The number of carboxylic acids is 1. The van der Waals surface area contributed by atoms with Gasteiger partial charge in [0.05, 0.1) is 5.41 Å². The highest BCUT2D eigenvalue weighted by Crippen LogP contribution is 2.30. The average Bonchev–Trinajstić information content (AvgIpc) is 3.11. The van der Waals surface area contributed by atoms with E-state index in [1.54, 1.807) is 36.4 Å². The predicted octanol–water partition coefficient (Wildman–Crippen LogP) is 2.17. The molecule has 26 heavy (non-hydrogen) atoms. The number of aliphatic carboxylic acids is 1. The number of carbonyl (C=O) groups excluding carboxylic acids is 1. The molecule has 0 bridgehead atoms. The van der Waals surface area contributed by atoms with Crippen LogP contribution in [0.3, 0.4) is 0 Å². The van der Waals surface area contributed by atoms with Gasteiger partial charge in [-0.05, 0) is 38.3 Å². The molecule has 1 N–H and O–H groups in total. The maximum absolute atomic E-state index is 12.4. The van der Waals surface area contributed by atoms with Crippen molar-refractivity contribution in [3.63, 3.8) is 0 Å². The second-order valence-electron chi connectivity index (χ2n) is 6.89. The van der Waals surface area contributed by atoms with Crippen LogP contribution in [0, 0.1) is 5.41 Å². The fourth-order valence-electron chi connectivity index (χ4n) is 3.15. The highest BCUT2D eigenvalue weighted by molar-refractivity contribution is 5.79. The lowest BCUT2D eigenvalue weighted by Crippen LogP contribution is -2.48. The highest BCUT2D eigenvalue weighted by Gasteiger charge is 2.39. The minimum atomic E-state index is -0.847. The Morgan fingerprint density at radius 3 is 2.85 bits per heavy atom. The number of nitrogens with zero attached hydrogens (tertiary/aromatic N) is 4. The van der Waals surface area contributed by atoms with Crippen molar-refractivity contribution in [3.05, 3.63) is 30.4 Å². The van der Waals surface area contributed by atoms with Crippen molar-refractivity contribution >= 4 is 11.9 Å². The van der Waals surface area contributed by atoms with Gasteiger partial charge in [0.1, 0.15) is 0 Å². The van der Waals surface area contributed by atoms with Crippen LogP contribution in [-0.4, -0.2) is 50.1 Å². The molecule has 0 unspecified atom stereocenters. The third-order valence-electron chi connectivity index (χ3n) is 4.75. The lowest BCUT2D eigenvalue weighted by Gasteiger charge is -2.37. The molecule has 2 aromatic rings. The number of aromatic nitrogens is 3. The standard InChI is InChI=1S/C18H22N4O4/c1-18(17(24)25)8-3-11-22(12-18)15(23)5-2-4-14-20-16(21-26-14)13-6-9-19-10-7-13/h6-7,9-10H,2-5,8,11-12H2,1H3,(H,24,25)/t18-/m0/s1. The average molecular weight is 358 g/mol. The Labute approximate surface area is 151 Å². The SMILES string of the molecule is C[C@]1(C(=O)O)CCCN(C(=O)CCCc2nc(-c3ccncc3)no2)C1. The maximum Gasteiger partial charge on any atom is 0.311 e. The lowest BCUT2D eigenvalue weighted by atomic mass is 9.82. The summed E-state index contributed by atoms with van der Waals surface area (Å²) in [6.45, 7) is 2.59. The second kappa shape index (κ2) is 7.63. The Balaban J connectivity index is 1.50. The number of hydrogen-bond donors (Lipinski definition) is 1. The van der Waals surface area contributed by atoms with E-state index in [1.807, 2.05) is 0 Å². The number of amides is 1. The molecule has 0 saturated carbocycles. The van der Waals surface area contributed by atoms with E-state index in [-0.39, 0.29) is 12.5 Å². The number of likely N-dealkylation sites (tertiary alicyclic amines) is 1. The molecule has 1 aliphatic rings. The van der Waals surface area contributed by atoms with Crippen LogP contribution in [0.25, 0.3) is 11.4 Å². The molecule has 8 heteroatoms. The summed E-state index contributed by atoms with van der Waals surface area (Å²) >= 11 is 0. The van der Waals surface area contributed by atoms with Crippen molar-refractivity contribution < 1.29 is 19.2 Å². The van der Waals surface area contributed by atoms with Crippen LogP contribution in [0.5, 0.6) is 0 Å². The Bertz CT molecular complexity index is 777. The molecule has 3 rings (SSSR count). The molecule has 1 fully saturated rings. The minimum Gasteiger partial charge on any atom is -0.481 e. The molecule has 0 aliphatic carbocycles. The summed E-state index contributed by atoms with van der Waals surface area (Å²) in [5, 5.41) is 13.3. The van der Waals surface area contributed by atoms with E-state index in [0.717, 1.165) is 5.56 Å². The van der Waals surface area contributed by atoms with E-state index < -0.39 is 11.4 Å². The molecular formula is C18H22N4O4. The highest BCUT2D eigenvalue weighted by atomic mass is 16.5. The second-order valence-corrected chi connectivity index (χ2v) is 6.89. The quantitative estimate of drug-likeness (QED) is 0.842. The molecule has 1 aliphatic heterocycles. The molecular weight excluding hydrogens is 336 g/mol. The smallest absolute Gasteiger partial charge is 0.311 e. The molecule has 1 saturated heterocycles. The van der Waals surface area contributed by atoms with Gasteiger partial charge in [-0.1, -0.05) is 5.16 Å². The first-order chi connectivity index (χ1) is 12.5. The van der Waals surface area contributed by atoms with E-state index in [2.05, 4.69) is 15.1 Å². The van der Waals surface area contributed by atoms with Crippen LogP contribution in [-0.2, 0) is 16.0 Å². The van der Waals surface area contributed by atoms with Crippen molar-refractivity contribution in [1.82, 2.24) is 20.0 Å². The number of carbonyl (C=O) groups is 2. The number of piperidine rings is 1. The molecule has 138 valence electrons. The van der Waals surface area contributed by atoms with Gasteiger partial charge in [-0.25, -0.2) is 0 Å². The molecule has 3 heterocycles. The van der Waals surface area contributed by atoms with E-state index >= 15 is 0 Å². The monoisotopic (exact) mass is 358 g/mol. The first kappa shape index (κ1) is 18.0.